The smallest absolute Gasteiger partial charge is 0.166 e. The molecule has 0 saturated carbocycles. The van der Waals surface area contributed by atoms with E-state index in [1.807, 2.05) is 29.5 Å². The number of hydrogen-bond acceptors (Lipinski definition) is 4. The molecule has 3 heterocycles. The Hall–Kier alpha value is -7.99. The molecular weight excluding hydrogens is 773 g/mol. The number of thiophene rings is 1. The number of nitrogens with zero attached hydrogens (tertiary/aromatic N) is 4. The van der Waals surface area contributed by atoms with Gasteiger partial charge in [-0.3, -0.25) is 0 Å². The zero-order valence-corrected chi connectivity index (χ0v) is 34.3. The van der Waals surface area contributed by atoms with Crippen LogP contribution in [0.4, 0.5) is 0 Å². The number of fused-ring (bicyclic) bond motifs is 6. The van der Waals surface area contributed by atoms with Crippen molar-refractivity contribution in [1.29, 1.82) is 0 Å². The van der Waals surface area contributed by atoms with E-state index in [1.54, 1.807) is 0 Å². The predicted molar refractivity (Wildman–Crippen MR) is 260 cm³/mol. The van der Waals surface area contributed by atoms with Gasteiger partial charge in [-0.2, -0.15) is 0 Å². The van der Waals surface area contributed by atoms with Gasteiger partial charge in [-0.1, -0.05) is 182 Å². The summed E-state index contributed by atoms with van der Waals surface area (Å²) >= 11 is 1.85. The van der Waals surface area contributed by atoms with E-state index in [0.717, 1.165) is 55.7 Å². The molecule has 3 aromatic heterocycles. The van der Waals surface area contributed by atoms with Crippen LogP contribution in [0.25, 0.3) is 115 Å². The molecule has 0 unspecified atom stereocenters. The first-order valence-electron chi connectivity index (χ1n) is 20.9. The van der Waals surface area contributed by atoms with Crippen LogP contribution in [0, 0.1) is 0 Å². The lowest BCUT2D eigenvalue weighted by molar-refractivity contribution is 1.06. The van der Waals surface area contributed by atoms with Crippen molar-refractivity contribution in [3.8, 4) is 73.2 Å². The third-order valence-electron chi connectivity index (χ3n) is 11.9. The third-order valence-corrected chi connectivity index (χ3v) is 13.1. The van der Waals surface area contributed by atoms with Gasteiger partial charge in [0.05, 0.1) is 16.7 Å². The first kappa shape index (κ1) is 35.9. The zero-order chi connectivity index (χ0) is 41.0. The van der Waals surface area contributed by atoms with E-state index in [-0.39, 0.29) is 0 Å². The molecule has 4 nitrogen and oxygen atoms in total. The minimum Gasteiger partial charge on any atom is -0.308 e. The van der Waals surface area contributed by atoms with Crippen LogP contribution in [0.2, 0.25) is 0 Å². The summed E-state index contributed by atoms with van der Waals surface area (Å²) < 4.78 is 4.94. The van der Waals surface area contributed by atoms with Gasteiger partial charge >= 0.3 is 0 Å². The second kappa shape index (κ2) is 14.9. The summed E-state index contributed by atoms with van der Waals surface area (Å²) in [6, 6.07) is 77.4. The number of rotatable bonds is 7. The molecule has 12 rings (SSSR count). The molecule has 290 valence electrons. The standard InChI is InChI=1S/C57H36N4S/c1-4-17-37(18-5-1)40-31-34-48(52(36-40)61-50-28-13-10-23-43(50)44-24-11-14-29-51(44)61)57-59-55(39-21-8-3-9-22-39)58-56(60-57)41-32-33-42(49(35-41)38-19-6-2-7-20-38)46-26-16-27-47-45-25-12-15-30-53(45)62-54(46)47/h1-36H. The molecule has 9 aromatic carbocycles. The van der Waals surface area contributed by atoms with Crippen molar-refractivity contribution in [3.05, 3.63) is 218 Å². The average molecular weight is 809 g/mol. The highest BCUT2D eigenvalue weighted by molar-refractivity contribution is 7.26. The van der Waals surface area contributed by atoms with Gasteiger partial charge in [-0.05, 0) is 64.2 Å². The van der Waals surface area contributed by atoms with Crippen LogP contribution < -0.4 is 0 Å². The van der Waals surface area contributed by atoms with Crippen molar-refractivity contribution in [2.75, 3.05) is 0 Å². The number of benzene rings is 9. The molecule has 0 spiro atoms. The van der Waals surface area contributed by atoms with Crippen LogP contribution in [0.1, 0.15) is 0 Å². The van der Waals surface area contributed by atoms with Crippen LogP contribution >= 0.6 is 11.3 Å². The second-order valence-electron chi connectivity index (χ2n) is 15.5. The van der Waals surface area contributed by atoms with Crippen molar-refractivity contribution in [1.82, 2.24) is 19.5 Å². The molecule has 0 fully saturated rings. The molecule has 0 amide bonds. The molecule has 12 aromatic rings. The van der Waals surface area contributed by atoms with Gasteiger partial charge in [0.25, 0.3) is 0 Å². The summed E-state index contributed by atoms with van der Waals surface area (Å²) in [4.78, 5) is 16.0. The van der Waals surface area contributed by atoms with Crippen LogP contribution in [0.5, 0.6) is 0 Å². The summed E-state index contributed by atoms with van der Waals surface area (Å²) in [5.41, 5.74) is 12.9. The van der Waals surface area contributed by atoms with Crippen molar-refractivity contribution >= 4 is 53.3 Å². The lowest BCUT2D eigenvalue weighted by Crippen LogP contribution is -2.04. The van der Waals surface area contributed by atoms with E-state index in [0.29, 0.717) is 17.5 Å². The molecule has 0 aliphatic carbocycles. The predicted octanol–water partition coefficient (Wildman–Crippen LogP) is 15.3. The minimum absolute atomic E-state index is 0.603. The normalized spacial score (nSPS) is 11.5. The van der Waals surface area contributed by atoms with Gasteiger partial charge in [-0.25, -0.2) is 15.0 Å². The highest BCUT2D eigenvalue weighted by atomic mass is 32.1. The van der Waals surface area contributed by atoms with Crippen molar-refractivity contribution < 1.29 is 0 Å². The first-order chi connectivity index (χ1) is 30.7. The Kier molecular flexibility index (Phi) is 8.65. The second-order valence-corrected chi connectivity index (χ2v) is 16.6. The summed E-state index contributed by atoms with van der Waals surface area (Å²) in [6.07, 6.45) is 0. The molecule has 5 heteroatoms. The summed E-state index contributed by atoms with van der Waals surface area (Å²) in [6.45, 7) is 0. The molecular formula is C57H36N4S. The Morgan fingerprint density at radius 1 is 0.306 bits per heavy atom. The van der Waals surface area contributed by atoms with E-state index in [2.05, 4.69) is 205 Å². The van der Waals surface area contributed by atoms with Crippen molar-refractivity contribution in [3.63, 3.8) is 0 Å². The van der Waals surface area contributed by atoms with Crippen molar-refractivity contribution in [2.45, 2.75) is 0 Å². The monoisotopic (exact) mass is 808 g/mol. The van der Waals surface area contributed by atoms with Crippen LogP contribution in [0.3, 0.4) is 0 Å². The Morgan fingerprint density at radius 3 is 1.55 bits per heavy atom. The Labute approximate surface area is 362 Å². The van der Waals surface area contributed by atoms with E-state index >= 15 is 0 Å². The molecule has 0 N–H and O–H groups in total. The van der Waals surface area contributed by atoms with Crippen LogP contribution in [-0.2, 0) is 0 Å². The van der Waals surface area contributed by atoms with Crippen molar-refractivity contribution in [2.24, 2.45) is 0 Å². The Balaban J connectivity index is 1.10. The van der Waals surface area contributed by atoms with Gasteiger partial charge in [0.15, 0.2) is 17.5 Å². The fourth-order valence-electron chi connectivity index (χ4n) is 8.97. The minimum atomic E-state index is 0.603. The zero-order valence-electron chi connectivity index (χ0n) is 33.5. The molecule has 0 atom stereocenters. The highest BCUT2D eigenvalue weighted by Crippen LogP contribution is 2.44. The number of para-hydroxylation sites is 2. The Bertz CT molecular complexity index is 3580. The topological polar surface area (TPSA) is 43.6 Å². The fourth-order valence-corrected chi connectivity index (χ4v) is 10.2. The molecule has 0 radical (unpaired) electrons. The summed E-state index contributed by atoms with van der Waals surface area (Å²) in [7, 11) is 0. The average Bonchev–Trinajstić information content (AvgIpc) is 3.90. The molecule has 0 saturated heterocycles. The van der Waals surface area contributed by atoms with E-state index in [9.17, 15) is 0 Å². The number of hydrogen-bond donors (Lipinski definition) is 0. The maximum Gasteiger partial charge on any atom is 0.166 e. The molecule has 62 heavy (non-hydrogen) atoms. The van der Waals surface area contributed by atoms with Crippen LogP contribution in [-0.4, -0.2) is 19.5 Å². The summed E-state index contributed by atoms with van der Waals surface area (Å²) in [5.74, 6) is 1.83. The molecule has 0 aliphatic rings. The fraction of sp³-hybridized carbons (Fsp3) is 0. The van der Waals surface area contributed by atoms with Gasteiger partial charge in [-0.15, -0.1) is 11.3 Å². The lowest BCUT2D eigenvalue weighted by atomic mass is 9.92. The molecule has 0 aliphatic heterocycles. The lowest BCUT2D eigenvalue weighted by Gasteiger charge is -2.17. The summed E-state index contributed by atoms with van der Waals surface area (Å²) in [5, 5.41) is 4.95. The Morgan fingerprint density at radius 2 is 0.839 bits per heavy atom. The van der Waals surface area contributed by atoms with Gasteiger partial charge in [0, 0.05) is 53.2 Å². The quantitative estimate of drug-likeness (QED) is 0.161. The number of aromatic nitrogens is 4. The molecule has 0 bridgehead atoms. The third kappa shape index (κ3) is 6.09. The van der Waals surface area contributed by atoms with Gasteiger partial charge in [0.1, 0.15) is 0 Å². The largest absolute Gasteiger partial charge is 0.308 e. The van der Waals surface area contributed by atoms with Gasteiger partial charge in [0.2, 0.25) is 0 Å². The van der Waals surface area contributed by atoms with E-state index in [1.165, 1.54) is 42.1 Å². The van der Waals surface area contributed by atoms with E-state index in [4.69, 9.17) is 15.0 Å². The SMILES string of the molecule is c1ccc(-c2ccc(-c3nc(-c4ccccc4)nc(-c4ccc(-c5cccc6c5sc5ccccc56)c(-c5ccccc5)c4)n3)c(-n3c4ccccc4c4ccccc43)c2)cc1. The maximum absolute atomic E-state index is 5.41. The van der Waals surface area contributed by atoms with E-state index < -0.39 is 0 Å². The van der Waals surface area contributed by atoms with Crippen LogP contribution in [0.15, 0.2) is 218 Å². The maximum atomic E-state index is 5.41. The van der Waals surface area contributed by atoms with Gasteiger partial charge < -0.3 is 4.57 Å². The first-order valence-corrected chi connectivity index (χ1v) is 21.7. The highest BCUT2D eigenvalue weighted by Gasteiger charge is 2.22.